The molecule has 0 aromatic rings. The van der Waals surface area contributed by atoms with Gasteiger partial charge < -0.3 is 13.9 Å². The van der Waals surface area contributed by atoms with Crippen molar-refractivity contribution in [2.24, 2.45) is 0 Å². The molecule has 23 heavy (non-hydrogen) atoms. The zero-order valence-electron chi connectivity index (χ0n) is 16.9. The number of hydrogen-bond donors (Lipinski definition) is 0. The molecule has 0 unspecified atom stereocenters. The highest BCUT2D eigenvalue weighted by Crippen LogP contribution is 2.36. The lowest BCUT2D eigenvalue weighted by atomic mass is 10.1. The minimum Gasteiger partial charge on any atom is -0.417 e. The van der Waals surface area contributed by atoms with Gasteiger partial charge in [0.1, 0.15) is 0 Å². The third kappa shape index (κ3) is 11.3. The Morgan fingerprint density at radius 1 is 0.739 bits per heavy atom. The molecule has 140 valence electrons. The maximum absolute atomic E-state index is 6.21. The monoisotopic (exact) mass is 346 g/mol. The smallest absolute Gasteiger partial charge is 0.191 e. The molecule has 0 N–H and O–H groups in total. The van der Waals surface area contributed by atoms with Crippen molar-refractivity contribution >= 4 is 8.32 Å². The number of methoxy groups -OCH3 is 2. The van der Waals surface area contributed by atoms with E-state index in [0.717, 1.165) is 13.0 Å². The van der Waals surface area contributed by atoms with Crippen molar-refractivity contribution in [1.29, 1.82) is 0 Å². The topological polar surface area (TPSA) is 27.7 Å². The average molecular weight is 347 g/mol. The van der Waals surface area contributed by atoms with Gasteiger partial charge in [-0.1, -0.05) is 59.3 Å². The second-order valence-electron chi connectivity index (χ2n) is 8.13. The standard InChI is InChI=1S/C19H42O3Si/c1-19(2,3)23(6,7)22-17-15-13-11-9-8-10-12-14-16-18(20-4)21-5/h18H,8-17H2,1-7H3. The summed E-state index contributed by atoms with van der Waals surface area (Å²) >= 11 is 0. The van der Waals surface area contributed by atoms with Crippen LogP contribution in [0.15, 0.2) is 0 Å². The summed E-state index contributed by atoms with van der Waals surface area (Å²) in [5.41, 5.74) is 0. The van der Waals surface area contributed by atoms with Gasteiger partial charge >= 0.3 is 0 Å². The van der Waals surface area contributed by atoms with Crippen LogP contribution in [0.4, 0.5) is 0 Å². The van der Waals surface area contributed by atoms with Gasteiger partial charge in [-0.3, -0.25) is 0 Å². The van der Waals surface area contributed by atoms with Gasteiger partial charge in [-0.15, -0.1) is 0 Å². The molecule has 0 fully saturated rings. The Morgan fingerprint density at radius 2 is 1.17 bits per heavy atom. The quantitative estimate of drug-likeness (QED) is 0.215. The largest absolute Gasteiger partial charge is 0.417 e. The Morgan fingerprint density at radius 3 is 1.61 bits per heavy atom. The summed E-state index contributed by atoms with van der Waals surface area (Å²) in [6.07, 6.45) is 11.4. The first-order valence-corrected chi connectivity index (χ1v) is 12.3. The predicted octanol–water partition coefficient (Wildman–Crippen LogP) is 6.14. The zero-order valence-corrected chi connectivity index (χ0v) is 17.9. The van der Waals surface area contributed by atoms with E-state index in [1.54, 1.807) is 14.2 Å². The number of hydrogen-bond acceptors (Lipinski definition) is 3. The van der Waals surface area contributed by atoms with Crippen LogP contribution in [0, 0.1) is 0 Å². The Labute approximate surface area is 146 Å². The summed E-state index contributed by atoms with van der Waals surface area (Å²) < 4.78 is 16.6. The third-order valence-corrected chi connectivity index (χ3v) is 9.67. The van der Waals surface area contributed by atoms with Crippen molar-refractivity contribution in [3.8, 4) is 0 Å². The Hall–Kier alpha value is 0.0969. The molecule has 0 atom stereocenters. The molecule has 0 aliphatic rings. The van der Waals surface area contributed by atoms with Crippen molar-refractivity contribution in [3.05, 3.63) is 0 Å². The Balaban J connectivity index is 3.38. The predicted molar refractivity (Wildman–Crippen MR) is 103 cm³/mol. The molecule has 0 bridgehead atoms. The van der Waals surface area contributed by atoms with E-state index >= 15 is 0 Å². The van der Waals surface area contributed by atoms with Crippen LogP contribution in [0.25, 0.3) is 0 Å². The van der Waals surface area contributed by atoms with Crippen molar-refractivity contribution in [2.45, 2.75) is 103 Å². The van der Waals surface area contributed by atoms with Crippen LogP contribution in [-0.4, -0.2) is 35.4 Å². The van der Waals surface area contributed by atoms with Gasteiger partial charge in [0, 0.05) is 20.8 Å². The summed E-state index contributed by atoms with van der Waals surface area (Å²) in [5.74, 6) is 0. The van der Waals surface area contributed by atoms with E-state index in [0.29, 0.717) is 5.04 Å². The average Bonchev–Trinajstić information content (AvgIpc) is 2.47. The van der Waals surface area contributed by atoms with Crippen LogP contribution < -0.4 is 0 Å². The highest BCUT2D eigenvalue weighted by atomic mass is 28.4. The van der Waals surface area contributed by atoms with Crippen LogP contribution in [0.2, 0.25) is 18.1 Å². The molecule has 0 aromatic carbocycles. The summed E-state index contributed by atoms with van der Waals surface area (Å²) in [5, 5.41) is 0.331. The van der Waals surface area contributed by atoms with Crippen LogP contribution in [0.5, 0.6) is 0 Å². The van der Waals surface area contributed by atoms with Crippen LogP contribution in [-0.2, 0) is 13.9 Å². The first kappa shape index (κ1) is 23.1. The first-order valence-electron chi connectivity index (χ1n) is 9.44. The molecule has 0 saturated heterocycles. The molecule has 0 amide bonds. The summed E-state index contributed by atoms with van der Waals surface area (Å²) in [7, 11) is 1.89. The zero-order chi connectivity index (χ0) is 17.8. The van der Waals surface area contributed by atoms with Gasteiger partial charge in [0.05, 0.1) is 0 Å². The van der Waals surface area contributed by atoms with Crippen LogP contribution >= 0.6 is 0 Å². The van der Waals surface area contributed by atoms with E-state index in [2.05, 4.69) is 33.9 Å². The normalized spacial score (nSPS) is 13.0. The van der Waals surface area contributed by atoms with E-state index < -0.39 is 8.32 Å². The van der Waals surface area contributed by atoms with Crippen molar-refractivity contribution in [1.82, 2.24) is 0 Å². The van der Waals surface area contributed by atoms with Crippen molar-refractivity contribution < 1.29 is 13.9 Å². The Bertz CT molecular complexity index is 270. The molecule has 3 nitrogen and oxygen atoms in total. The maximum Gasteiger partial charge on any atom is 0.191 e. The second-order valence-corrected chi connectivity index (χ2v) is 12.9. The number of ether oxygens (including phenoxy) is 2. The second kappa shape index (κ2) is 12.5. The lowest BCUT2D eigenvalue weighted by molar-refractivity contribution is -0.107. The van der Waals surface area contributed by atoms with Crippen LogP contribution in [0.3, 0.4) is 0 Å². The van der Waals surface area contributed by atoms with E-state index in [9.17, 15) is 0 Å². The first-order chi connectivity index (χ1) is 10.7. The third-order valence-electron chi connectivity index (χ3n) is 5.13. The molecule has 0 saturated carbocycles. The fourth-order valence-corrected chi connectivity index (χ4v) is 3.44. The van der Waals surface area contributed by atoms with E-state index in [1.165, 1.54) is 51.4 Å². The number of rotatable bonds is 14. The van der Waals surface area contributed by atoms with Crippen molar-refractivity contribution in [3.63, 3.8) is 0 Å². The van der Waals surface area contributed by atoms with Gasteiger partial charge in [0.15, 0.2) is 14.6 Å². The van der Waals surface area contributed by atoms with E-state index in [1.807, 2.05) is 0 Å². The Kier molecular flexibility index (Phi) is 12.5. The van der Waals surface area contributed by atoms with Crippen LogP contribution in [0.1, 0.15) is 78.6 Å². The van der Waals surface area contributed by atoms with Crippen molar-refractivity contribution in [2.75, 3.05) is 20.8 Å². The molecular weight excluding hydrogens is 304 g/mol. The SMILES string of the molecule is COC(CCCCCCCCCCO[Si](C)(C)C(C)(C)C)OC. The van der Waals surface area contributed by atoms with Gasteiger partial charge in [0.2, 0.25) is 0 Å². The highest BCUT2D eigenvalue weighted by molar-refractivity contribution is 6.74. The minimum absolute atomic E-state index is 0.0177. The van der Waals surface area contributed by atoms with E-state index in [-0.39, 0.29) is 6.29 Å². The molecule has 0 rings (SSSR count). The lowest BCUT2D eigenvalue weighted by Gasteiger charge is -2.36. The lowest BCUT2D eigenvalue weighted by Crippen LogP contribution is -2.40. The van der Waals surface area contributed by atoms with Gasteiger partial charge in [-0.05, 0) is 37.4 Å². The fraction of sp³-hybridized carbons (Fsp3) is 1.00. The molecule has 0 spiro atoms. The van der Waals surface area contributed by atoms with Gasteiger partial charge in [-0.25, -0.2) is 0 Å². The van der Waals surface area contributed by atoms with Gasteiger partial charge in [-0.2, -0.15) is 0 Å². The molecule has 0 radical (unpaired) electrons. The maximum atomic E-state index is 6.21. The number of unbranched alkanes of at least 4 members (excludes halogenated alkanes) is 7. The summed E-state index contributed by atoms with van der Waals surface area (Å²) in [4.78, 5) is 0. The molecule has 0 aromatic heterocycles. The van der Waals surface area contributed by atoms with Gasteiger partial charge in [0.25, 0.3) is 0 Å². The van der Waals surface area contributed by atoms with E-state index in [4.69, 9.17) is 13.9 Å². The molecule has 0 aliphatic heterocycles. The fourth-order valence-electron chi connectivity index (χ4n) is 2.35. The molecular formula is C19H42O3Si. The minimum atomic E-state index is -1.53. The molecule has 4 heteroatoms. The summed E-state index contributed by atoms with van der Waals surface area (Å²) in [6, 6.07) is 0. The highest BCUT2D eigenvalue weighted by Gasteiger charge is 2.36. The summed E-state index contributed by atoms with van der Waals surface area (Å²) in [6.45, 7) is 12.5. The molecule has 0 heterocycles. The molecule has 0 aliphatic carbocycles.